The average Bonchev–Trinajstić information content (AvgIpc) is 3.04. The Morgan fingerprint density at radius 3 is 0.957 bits per heavy atom. The normalized spacial score (nSPS) is 11.0. The van der Waals surface area contributed by atoms with Crippen LogP contribution in [0.5, 0.6) is 0 Å². The SMILES string of the molecule is CCCCCCCCCCOC(=O)CCCCCC(=O)OCC(C)COC(=O)CCCCCC(=O)OCCCCCCCCCC. The molecule has 8 nitrogen and oxygen atoms in total. The number of rotatable bonds is 34. The molecule has 0 bridgehead atoms. The number of hydrogen-bond acceptors (Lipinski definition) is 8. The molecule has 0 aromatic heterocycles. The zero-order chi connectivity index (χ0) is 33.9. The van der Waals surface area contributed by atoms with E-state index in [0.717, 1.165) is 38.5 Å². The molecule has 0 saturated carbocycles. The van der Waals surface area contributed by atoms with Crippen LogP contribution in [0.2, 0.25) is 0 Å². The van der Waals surface area contributed by atoms with Crippen molar-refractivity contribution in [3.05, 3.63) is 0 Å². The van der Waals surface area contributed by atoms with Gasteiger partial charge in [0, 0.05) is 31.6 Å². The largest absolute Gasteiger partial charge is 0.466 e. The van der Waals surface area contributed by atoms with Gasteiger partial charge in [-0.05, 0) is 38.5 Å². The minimum absolute atomic E-state index is 0.0837. The monoisotopic (exact) mass is 655 g/mol. The summed E-state index contributed by atoms with van der Waals surface area (Å²) >= 11 is 0. The Kier molecular flexibility index (Phi) is 32.6. The van der Waals surface area contributed by atoms with Gasteiger partial charge in [-0.15, -0.1) is 0 Å². The number of hydrogen-bond donors (Lipinski definition) is 0. The van der Waals surface area contributed by atoms with E-state index in [1.165, 1.54) is 77.0 Å². The van der Waals surface area contributed by atoms with E-state index in [1.807, 2.05) is 6.92 Å². The first kappa shape index (κ1) is 43.9. The number of unbranched alkanes of at least 4 members (excludes halogenated alkanes) is 18. The summed E-state index contributed by atoms with van der Waals surface area (Å²) in [5.74, 6) is -0.936. The molecule has 0 aromatic carbocycles. The van der Waals surface area contributed by atoms with Crippen LogP contribution in [0.4, 0.5) is 0 Å². The average molecular weight is 655 g/mol. The standard InChI is InChI=1S/C38H70O8/c1-4-6-8-10-12-14-16-24-30-43-35(39)26-20-18-22-28-37(41)45-32-34(3)33-46-38(42)29-23-19-21-27-36(40)44-31-25-17-15-13-11-9-7-5-2/h34H,4-33H2,1-3H3. The van der Waals surface area contributed by atoms with Crippen LogP contribution in [0.3, 0.4) is 0 Å². The molecule has 0 N–H and O–H groups in total. The first-order chi connectivity index (χ1) is 22.4. The summed E-state index contributed by atoms with van der Waals surface area (Å²) in [6, 6.07) is 0. The summed E-state index contributed by atoms with van der Waals surface area (Å²) in [4.78, 5) is 47.8. The first-order valence-corrected chi connectivity index (χ1v) is 19.0. The molecule has 8 heteroatoms. The van der Waals surface area contributed by atoms with Crippen LogP contribution in [0.25, 0.3) is 0 Å². The van der Waals surface area contributed by atoms with Gasteiger partial charge in [-0.3, -0.25) is 19.2 Å². The van der Waals surface area contributed by atoms with Crippen molar-refractivity contribution in [2.75, 3.05) is 26.4 Å². The Balaban J connectivity index is 3.55. The molecule has 0 spiro atoms. The van der Waals surface area contributed by atoms with Crippen LogP contribution in [-0.2, 0) is 38.1 Å². The van der Waals surface area contributed by atoms with Crippen molar-refractivity contribution < 1.29 is 38.1 Å². The fourth-order valence-electron chi connectivity index (χ4n) is 5.08. The minimum atomic E-state index is -0.272. The van der Waals surface area contributed by atoms with Crippen molar-refractivity contribution in [2.24, 2.45) is 5.92 Å². The molecular formula is C38H70O8. The molecule has 0 atom stereocenters. The molecule has 270 valence electrons. The molecule has 0 radical (unpaired) electrons. The molecule has 0 aromatic rings. The lowest BCUT2D eigenvalue weighted by atomic mass is 10.1. The van der Waals surface area contributed by atoms with Gasteiger partial charge in [-0.2, -0.15) is 0 Å². The van der Waals surface area contributed by atoms with Gasteiger partial charge in [0.2, 0.25) is 0 Å². The van der Waals surface area contributed by atoms with Gasteiger partial charge in [0.05, 0.1) is 26.4 Å². The second-order valence-corrected chi connectivity index (χ2v) is 13.0. The van der Waals surface area contributed by atoms with Gasteiger partial charge < -0.3 is 18.9 Å². The van der Waals surface area contributed by atoms with Crippen molar-refractivity contribution in [1.82, 2.24) is 0 Å². The molecule has 0 heterocycles. The summed E-state index contributed by atoms with van der Waals surface area (Å²) in [5.41, 5.74) is 0. The lowest BCUT2D eigenvalue weighted by molar-refractivity contribution is -0.149. The maximum atomic E-state index is 12.0. The lowest BCUT2D eigenvalue weighted by Gasteiger charge is -2.13. The van der Waals surface area contributed by atoms with Gasteiger partial charge in [-0.1, -0.05) is 124 Å². The minimum Gasteiger partial charge on any atom is -0.466 e. The highest BCUT2D eigenvalue weighted by atomic mass is 16.5. The third-order valence-electron chi connectivity index (χ3n) is 8.10. The van der Waals surface area contributed by atoms with Gasteiger partial charge in [0.1, 0.15) is 0 Å². The van der Waals surface area contributed by atoms with E-state index in [9.17, 15) is 19.2 Å². The van der Waals surface area contributed by atoms with Crippen LogP contribution >= 0.6 is 0 Å². The van der Waals surface area contributed by atoms with Crippen molar-refractivity contribution in [3.63, 3.8) is 0 Å². The van der Waals surface area contributed by atoms with Crippen LogP contribution in [-0.4, -0.2) is 50.3 Å². The van der Waals surface area contributed by atoms with Gasteiger partial charge in [0.25, 0.3) is 0 Å². The summed E-state index contributed by atoms with van der Waals surface area (Å²) in [7, 11) is 0. The molecule has 0 aliphatic rings. The zero-order valence-electron chi connectivity index (χ0n) is 30.1. The first-order valence-electron chi connectivity index (χ1n) is 19.0. The van der Waals surface area contributed by atoms with Crippen molar-refractivity contribution in [2.45, 2.75) is 188 Å². The summed E-state index contributed by atoms with van der Waals surface area (Å²) < 4.78 is 21.2. The van der Waals surface area contributed by atoms with Crippen LogP contribution in [0, 0.1) is 5.92 Å². The molecule has 0 unspecified atom stereocenters. The highest BCUT2D eigenvalue weighted by Gasteiger charge is 2.11. The summed E-state index contributed by atoms with van der Waals surface area (Å²) in [5, 5.41) is 0. The van der Waals surface area contributed by atoms with Crippen molar-refractivity contribution >= 4 is 23.9 Å². The number of esters is 4. The topological polar surface area (TPSA) is 105 Å². The highest BCUT2D eigenvalue weighted by molar-refractivity contribution is 5.70. The quantitative estimate of drug-likeness (QED) is 0.0383. The summed E-state index contributed by atoms with van der Waals surface area (Å²) in [6.45, 7) is 7.74. The van der Waals surface area contributed by atoms with E-state index in [-0.39, 0.29) is 43.0 Å². The van der Waals surface area contributed by atoms with Crippen molar-refractivity contribution in [1.29, 1.82) is 0 Å². The second kappa shape index (κ2) is 34.2. The smallest absolute Gasteiger partial charge is 0.305 e. The fourth-order valence-corrected chi connectivity index (χ4v) is 5.08. The van der Waals surface area contributed by atoms with Crippen molar-refractivity contribution in [3.8, 4) is 0 Å². The second-order valence-electron chi connectivity index (χ2n) is 13.0. The predicted molar refractivity (Wildman–Crippen MR) is 184 cm³/mol. The Morgan fingerprint density at radius 1 is 0.370 bits per heavy atom. The number of carbonyl (C=O) groups is 4. The molecule has 0 aliphatic heterocycles. The maximum absolute atomic E-state index is 12.0. The van der Waals surface area contributed by atoms with Gasteiger partial charge in [-0.25, -0.2) is 0 Å². The van der Waals surface area contributed by atoms with E-state index in [4.69, 9.17) is 18.9 Å². The van der Waals surface area contributed by atoms with Gasteiger partial charge >= 0.3 is 23.9 Å². The molecule has 0 saturated heterocycles. The van der Waals surface area contributed by atoms with Crippen LogP contribution in [0.1, 0.15) is 188 Å². The van der Waals surface area contributed by atoms with E-state index >= 15 is 0 Å². The number of carbonyl (C=O) groups excluding carboxylic acids is 4. The number of ether oxygens (including phenoxy) is 4. The van der Waals surface area contributed by atoms with E-state index < -0.39 is 0 Å². The zero-order valence-corrected chi connectivity index (χ0v) is 30.1. The third-order valence-corrected chi connectivity index (χ3v) is 8.10. The molecule has 0 rings (SSSR count). The van der Waals surface area contributed by atoms with E-state index in [2.05, 4.69) is 13.8 Å². The summed E-state index contributed by atoms with van der Waals surface area (Å²) in [6.07, 6.45) is 25.2. The molecular weight excluding hydrogens is 584 g/mol. The predicted octanol–water partition coefficient (Wildman–Crippen LogP) is 9.98. The molecule has 0 fully saturated rings. The Morgan fingerprint density at radius 2 is 0.630 bits per heavy atom. The van der Waals surface area contributed by atoms with E-state index in [1.54, 1.807) is 0 Å². The molecule has 0 aliphatic carbocycles. The van der Waals surface area contributed by atoms with Gasteiger partial charge in [0.15, 0.2) is 0 Å². The van der Waals surface area contributed by atoms with Crippen LogP contribution in [0.15, 0.2) is 0 Å². The lowest BCUT2D eigenvalue weighted by Crippen LogP contribution is -2.18. The maximum Gasteiger partial charge on any atom is 0.305 e. The Labute approximate surface area is 281 Å². The fraction of sp³-hybridized carbons (Fsp3) is 0.895. The molecule has 0 amide bonds. The van der Waals surface area contributed by atoms with E-state index in [0.29, 0.717) is 64.6 Å². The third kappa shape index (κ3) is 33.2. The Bertz CT molecular complexity index is 678. The van der Waals surface area contributed by atoms with Crippen LogP contribution < -0.4 is 0 Å². The highest BCUT2D eigenvalue weighted by Crippen LogP contribution is 2.12. The Hall–Kier alpha value is -2.12. The molecule has 46 heavy (non-hydrogen) atoms.